The molecule has 0 radical (unpaired) electrons. The van der Waals surface area contributed by atoms with E-state index in [9.17, 15) is 0 Å². The van der Waals surface area contributed by atoms with Gasteiger partial charge in [-0.3, -0.25) is 0 Å². The van der Waals surface area contributed by atoms with Crippen molar-refractivity contribution in [3.63, 3.8) is 0 Å². The van der Waals surface area contributed by atoms with Gasteiger partial charge in [0.1, 0.15) is 0 Å². The molecule has 0 aliphatic carbocycles. The number of aliphatic hydroxyl groups is 1. The lowest BCUT2D eigenvalue weighted by molar-refractivity contribution is 0.270. The Morgan fingerprint density at radius 1 is 1.38 bits per heavy atom. The molecule has 4 heteroatoms. The lowest BCUT2D eigenvalue weighted by Gasteiger charge is -2.25. The molecule has 1 atom stereocenters. The van der Waals surface area contributed by atoms with Gasteiger partial charge in [0, 0.05) is 18.5 Å². The van der Waals surface area contributed by atoms with Crippen molar-refractivity contribution in [3.05, 3.63) is 30.5 Å². The number of nitrogens with zero attached hydrogens (tertiary/aromatic N) is 3. The summed E-state index contributed by atoms with van der Waals surface area (Å²) in [5, 5.41) is 18.3. The maximum Gasteiger partial charge on any atom is 0.0950 e. The third kappa shape index (κ3) is 1.84. The van der Waals surface area contributed by atoms with Crippen LogP contribution in [0.3, 0.4) is 0 Å². The molecule has 84 valence electrons. The van der Waals surface area contributed by atoms with E-state index in [2.05, 4.69) is 10.2 Å². The number of aromatic nitrogens is 2. The lowest BCUT2D eigenvalue weighted by atomic mass is 10.2. The largest absolute Gasteiger partial charge is 0.394 e. The Labute approximate surface area is 94.5 Å². The van der Waals surface area contributed by atoms with Crippen LogP contribution in [0.1, 0.15) is 6.92 Å². The van der Waals surface area contributed by atoms with Gasteiger partial charge in [0.25, 0.3) is 0 Å². The van der Waals surface area contributed by atoms with Gasteiger partial charge in [-0.25, -0.2) is 0 Å². The predicted octanol–water partition coefficient (Wildman–Crippen LogP) is 1.45. The third-order valence-corrected chi connectivity index (χ3v) is 2.83. The summed E-state index contributed by atoms with van der Waals surface area (Å²) in [6.45, 7) is 2.09. The van der Waals surface area contributed by atoms with Crippen molar-refractivity contribution >= 4 is 16.6 Å². The highest BCUT2D eigenvalue weighted by atomic mass is 16.3. The van der Waals surface area contributed by atoms with Crippen molar-refractivity contribution in [2.75, 3.05) is 18.6 Å². The van der Waals surface area contributed by atoms with Crippen LogP contribution in [-0.4, -0.2) is 35.0 Å². The van der Waals surface area contributed by atoms with Gasteiger partial charge in [-0.1, -0.05) is 18.2 Å². The van der Waals surface area contributed by atoms with Crippen molar-refractivity contribution in [1.29, 1.82) is 0 Å². The summed E-state index contributed by atoms with van der Waals surface area (Å²) in [7, 11) is 1.95. The van der Waals surface area contributed by atoms with E-state index in [-0.39, 0.29) is 12.6 Å². The number of rotatable bonds is 3. The molecule has 0 saturated carbocycles. The van der Waals surface area contributed by atoms with Gasteiger partial charge in [0.15, 0.2) is 0 Å². The fourth-order valence-electron chi connectivity index (χ4n) is 1.63. The molecule has 0 aliphatic rings. The van der Waals surface area contributed by atoms with Crippen LogP contribution in [0.2, 0.25) is 0 Å². The predicted molar refractivity (Wildman–Crippen MR) is 64.5 cm³/mol. The summed E-state index contributed by atoms with van der Waals surface area (Å²) < 4.78 is 0. The van der Waals surface area contributed by atoms with Crippen LogP contribution in [0, 0.1) is 0 Å². The van der Waals surface area contributed by atoms with E-state index in [1.54, 1.807) is 6.20 Å². The van der Waals surface area contributed by atoms with E-state index in [0.29, 0.717) is 0 Å². The molecule has 1 aromatic heterocycles. The first-order chi connectivity index (χ1) is 7.74. The number of fused-ring (bicyclic) bond motifs is 1. The number of anilines is 1. The van der Waals surface area contributed by atoms with E-state index < -0.39 is 0 Å². The third-order valence-electron chi connectivity index (χ3n) is 2.83. The monoisotopic (exact) mass is 217 g/mol. The smallest absolute Gasteiger partial charge is 0.0950 e. The summed E-state index contributed by atoms with van der Waals surface area (Å²) >= 11 is 0. The Morgan fingerprint density at radius 3 is 2.88 bits per heavy atom. The summed E-state index contributed by atoms with van der Waals surface area (Å²) in [6, 6.07) is 7.93. The molecular weight excluding hydrogens is 202 g/mol. The molecule has 2 rings (SSSR count). The topological polar surface area (TPSA) is 49.2 Å². The summed E-state index contributed by atoms with van der Waals surface area (Å²) in [5.74, 6) is 0. The van der Waals surface area contributed by atoms with Gasteiger partial charge >= 0.3 is 0 Å². The molecule has 0 fully saturated rings. The van der Waals surface area contributed by atoms with E-state index >= 15 is 0 Å². The van der Waals surface area contributed by atoms with Gasteiger partial charge in [0.2, 0.25) is 0 Å². The Morgan fingerprint density at radius 2 is 2.12 bits per heavy atom. The average Bonchev–Trinajstić information content (AvgIpc) is 2.36. The minimum absolute atomic E-state index is 0.0626. The van der Waals surface area contributed by atoms with Crippen molar-refractivity contribution in [3.8, 4) is 0 Å². The summed E-state index contributed by atoms with van der Waals surface area (Å²) in [4.78, 5) is 2.01. The quantitative estimate of drug-likeness (QED) is 0.845. The first kappa shape index (κ1) is 10.8. The molecule has 4 nitrogen and oxygen atoms in total. The van der Waals surface area contributed by atoms with E-state index in [1.807, 2.05) is 43.1 Å². The number of benzene rings is 1. The second kappa shape index (κ2) is 4.45. The Balaban J connectivity index is 2.52. The van der Waals surface area contributed by atoms with Crippen molar-refractivity contribution in [1.82, 2.24) is 10.2 Å². The molecule has 1 N–H and O–H groups in total. The van der Waals surface area contributed by atoms with Crippen molar-refractivity contribution in [2.45, 2.75) is 13.0 Å². The molecular formula is C12H15N3O. The lowest BCUT2D eigenvalue weighted by Crippen LogP contribution is -2.32. The molecule has 0 spiro atoms. The molecule has 0 aliphatic heterocycles. The highest BCUT2D eigenvalue weighted by Gasteiger charge is 2.12. The van der Waals surface area contributed by atoms with Crippen LogP contribution in [0.4, 0.5) is 5.69 Å². The molecule has 16 heavy (non-hydrogen) atoms. The van der Waals surface area contributed by atoms with Crippen molar-refractivity contribution < 1.29 is 5.11 Å². The second-order valence-electron chi connectivity index (χ2n) is 3.89. The normalized spacial score (nSPS) is 12.7. The molecule has 2 aromatic rings. The van der Waals surface area contributed by atoms with Crippen molar-refractivity contribution in [2.24, 2.45) is 0 Å². The van der Waals surface area contributed by atoms with Gasteiger partial charge < -0.3 is 10.0 Å². The number of aliphatic hydroxyl groups excluding tert-OH is 1. The Hall–Kier alpha value is -1.68. The average molecular weight is 217 g/mol. The van der Waals surface area contributed by atoms with Gasteiger partial charge in [0.05, 0.1) is 24.0 Å². The van der Waals surface area contributed by atoms with E-state index in [0.717, 1.165) is 16.6 Å². The second-order valence-corrected chi connectivity index (χ2v) is 3.89. The van der Waals surface area contributed by atoms with Crippen LogP contribution >= 0.6 is 0 Å². The van der Waals surface area contributed by atoms with E-state index in [1.165, 1.54) is 0 Å². The minimum atomic E-state index is 0.0626. The molecule has 1 heterocycles. The molecule has 0 amide bonds. The highest BCUT2D eigenvalue weighted by molar-refractivity contribution is 5.90. The Kier molecular flexibility index (Phi) is 3.01. The number of hydrogen-bond acceptors (Lipinski definition) is 4. The number of hydrogen-bond donors (Lipinski definition) is 1. The summed E-state index contributed by atoms with van der Waals surface area (Å²) in [6.07, 6.45) is 1.73. The first-order valence-electron chi connectivity index (χ1n) is 5.28. The molecule has 1 unspecified atom stereocenters. The van der Waals surface area contributed by atoms with Crippen LogP contribution < -0.4 is 4.90 Å². The van der Waals surface area contributed by atoms with E-state index in [4.69, 9.17) is 5.11 Å². The zero-order chi connectivity index (χ0) is 11.5. The molecule has 0 saturated heterocycles. The van der Waals surface area contributed by atoms with Crippen LogP contribution in [-0.2, 0) is 0 Å². The maximum atomic E-state index is 9.16. The molecule has 1 aromatic carbocycles. The van der Waals surface area contributed by atoms with Crippen LogP contribution in [0.15, 0.2) is 30.5 Å². The molecule has 0 bridgehead atoms. The van der Waals surface area contributed by atoms with Gasteiger partial charge in [-0.05, 0) is 13.0 Å². The Bertz CT molecular complexity index is 481. The zero-order valence-corrected chi connectivity index (χ0v) is 9.46. The maximum absolute atomic E-state index is 9.16. The van der Waals surface area contributed by atoms with Gasteiger partial charge in [-0.2, -0.15) is 10.2 Å². The zero-order valence-electron chi connectivity index (χ0n) is 9.46. The fourth-order valence-corrected chi connectivity index (χ4v) is 1.63. The van der Waals surface area contributed by atoms with Crippen LogP contribution in [0.5, 0.6) is 0 Å². The standard InChI is InChI=1S/C12H15N3O/c1-9(8-16)15(2)12-7-13-14-11-6-4-3-5-10(11)12/h3-7,9,16H,8H2,1-2H3. The minimum Gasteiger partial charge on any atom is -0.394 e. The van der Waals surface area contributed by atoms with Crippen LogP contribution in [0.25, 0.3) is 10.9 Å². The highest BCUT2D eigenvalue weighted by Crippen LogP contribution is 2.24. The fraction of sp³-hybridized carbons (Fsp3) is 0.333. The number of likely N-dealkylation sites (N-methyl/N-ethyl adjacent to an activating group) is 1. The SMILES string of the molecule is CC(CO)N(C)c1cnnc2ccccc12. The summed E-state index contributed by atoms with van der Waals surface area (Å²) in [5.41, 5.74) is 1.86. The first-order valence-corrected chi connectivity index (χ1v) is 5.28. The van der Waals surface area contributed by atoms with Gasteiger partial charge in [-0.15, -0.1) is 0 Å².